The summed E-state index contributed by atoms with van der Waals surface area (Å²) in [5.74, 6) is -1.25. The normalized spacial score (nSPS) is 27.0. The quantitative estimate of drug-likeness (QED) is 0.212. The molecule has 1 heterocycles. The van der Waals surface area contributed by atoms with Crippen molar-refractivity contribution in [3.05, 3.63) is 34.1 Å². The Bertz CT molecular complexity index is 1030. The van der Waals surface area contributed by atoms with E-state index in [1.807, 2.05) is 20.8 Å². The van der Waals surface area contributed by atoms with Crippen LogP contribution >= 0.6 is 27.7 Å². The average molecular weight is 592 g/mol. The van der Waals surface area contributed by atoms with Gasteiger partial charge in [0.05, 0.1) is 4.75 Å². The number of amidine groups is 1. The van der Waals surface area contributed by atoms with Crippen molar-refractivity contribution < 1.29 is 28.2 Å². The zero-order valence-corrected chi connectivity index (χ0v) is 24.3. The summed E-state index contributed by atoms with van der Waals surface area (Å²) in [6.45, 7) is 11.4. The minimum absolute atomic E-state index is 0.00167. The first-order chi connectivity index (χ1) is 16.1. The minimum atomic E-state index is -1.72. The topological polar surface area (TPSA) is 79.2 Å². The summed E-state index contributed by atoms with van der Waals surface area (Å²) in [7, 11) is -1.46. The number of hydrogen-bond donors (Lipinski definition) is 1. The number of alkyl halides is 1. The first-order valence-corrected chi connectivity index (χ1v) is 16.8. The fourth-order valence-electron chi connectivity index (χ4n) is 4.39. The van der Waals surface area contributed by atoms with Gasteiger partial charge in [0.15, 0.2) is 5.17 Å². The molecule has 1 saturated carbocycles. The van der Waals surface area contributed by atoms with Crippen molar-refractivity contribution in [2.24, 2.45) is 16.3 Å². The van der Waals surface area contributed by atoms with E-state index < -0.39 is 54.5 Å². The number of benzene rings is 1. The van der Waals surface area contributed by atoms with Gasteiger partial charge in [0.1, 0.15) is 30.5 Å². The van der Waals surface area contributed by atoms with E-state index in [9.17, 15) is 19.1 Å². The van der Waals surface area contributed by atoms with Gasteiger partial charge in [-0.05, 0) is 30.7 Å². The predicted octanol–water partition coefficient (Wildman–Crippen LogP) is 6.52. The Morgan fingerprint density at radius 1 is 1.43 bits per heavy atom. The number of fused-ring (bicyclic) bond motifs is 1. The van der Waals surface area contributed by atoms with Crippen LogP contribution in [0.4, 0.5) is 13.6 Å². The second-order valence-electron chi connectivity index (χ2n) is 11.6. The van der Waals surface area contributed by atoms with E-state index in [-0.39, 0.29) is 17.2 Å². The van der Waals surface area contributed by atoms with Crippen LogP contribution in [0.1, 0.15) is 32.8 Å². The summed E-state index contributed by atoms with van der Waals surface area (Å²) in [6.07, 6.45) is -1.28. The lowest BCUT2D eigenvalue weighted by molar-refractivity contribution is -0.108. The Balaban J connectivity index is 2.14. The molecule has 0 radical (unpaired) electrons. The second-order valence-corrected chi connectivity index (χ2v) is 19.4. The highest BCUT2D eigenvalue weighted by Gasteiger charge is 2.70. The summed E-state index contributed by atoms with van der Waals surface area (Å²) in [5, 5.41) is 10.2. The largest absolute Gasteiger partial charge is 0.465 e. The molecule has 194 valence electrons. The van der Waals surface area contributed by atoms with Gasteiger partial charge in [0, 0.05) is 36.0 Å². The number of aldehydes is 1. The van der Waals surface area contributed by atoms with Gasteiger partial charge in [0.2, 0.25) is 0 Å². The monoisotopic (exact) mass is 590 g/mol. The number of amides is 1. The lowest BCUT2D eigenvalue weighted by atomic mass is 9.85. The van der Waals surface area contributed by atoms with Crippen molar-refractivity contribution in [1.29, 1.82) is 0 Å². The van der Waals surface area contributed by atoms with Gasteiger partial charge in [-0.2, -0.15) is 0 Å². The SMILES string of the molecule is CC(C)(C)C(OCC[Si](C)(C)C)N(C(=O)O)C1=N[C@](CF)(c2cc(Br)ccc2F)[C@@H]2C[C@]2(C=O)S1. The highest BCUT2D eigenvalue weighted by Crippen LogP contribution is 2.66. The Labute approximate surface area is 219 Å². The number of carboxylic acid groups (broad SMARTS) is 1. The first kappa shape index (κ1) is 28.3. The molecular weight excluding hydrogens is 558 g/mol. The molecular formula is C24H33BrF2N2O4SSi. The summed E-state index contributed by atoms with van der Waals surface area (Å²) >= 11 is 4.31. The molecule has 1 amide bonds. The number of ether oxygens (including phenoxy) is 1. The molecule has 1 unspecified atom stereocenters. The minimum Gasteiger partial charge on any atom is -0.465 e. The molecule has 11 heteroatoms. The van der Waals surface area contributed by atoms with Crippen LogP contribution in [0.5, 0.6) is 0 Å². The van der Waals surface area contributed by atoms with E-state index in [0.29, 0.717) is 11.1 Å². The van der Waals surface area contributed by atoms with E-state index >= 15 is 4.39 Å². The van der Waals surface area contributed by atoms with E-state index in [0.717, 1.165) is 29.0 Å². The van der Waals surface area contributed by atoms with Crippen molar-refractivity contribution in [2.75, 3.05) is 13.3 Å². The summed E-state index contributed by atoms with van der Waals surface area (Å²) in [6, 6.07) is 4.99. The molecule has 4 atom stereocenters. The fourth-order valence-corrected chi connectivity index (χ4v) is 6.94. The number of carbonyl (C=O) groups excluding carboxylic acids is 1. The molecule has 0 bridgehead atoms. The molecule has 35 heavy (non-hydrogen) atoms. The van der Waals surface area contributed by atoms with E-state index in [2.05, 4.69) is 40.6 Å². The lowest BCUT2D eigenvalue weighted by Crippen LogP contribution is -2.53. The van der Waals surface area contributed by atoms with Crippen LogP contribution in [0, 0.1) is 17.2 Å². The summed E-state index contributed by atoms with van der Waals surface area (Å²) < 4.78 is 35.5. The molecule has 1 aromatic rings. The predicted molar refractivity (Wildman–Crippen MR) is 141 cm³/mol. The average Bonchev–Trinajstić information content (AvgIpc) is 3.48. The zero-order valence-electron chi connectivity index (χ0n) is 20.9. The molecule has 1 fully saturated rings. The van der Waals surface area contributed by atoms with Crippen LogP contribution in [0.15, 0.2) is 27.7 Å². The maximum absolute atomic E-state index is 15.0. The second kappa shape index (κ2) is 9.87. The number of halogens is 3. The standard InChI is InChI=1S/C24H33BrF2N2O4SSi/c1-22(2,3)19(33-9-10-35(4,5)6)29(21(31)32)20-28-24(13-26,18-12-23(18,14-30)34-20)16-11-15(25)7-8-17(16)27/h7-8,11,14,18-19H,9-10,12-13H2,1-6H3,(H,31,32)/t18-,19?,23-,24-/m1/s1. The maximum atomic E-state index is 15.0. The van der Waals surface area contributed by atoms with Gasteiger partial charge in [-0.1, -0.05) is 68.1 Å². The van der Waals surface area contributed by atoms with Crippen molar-refractivity contribution in [3.63, 3.8) is 0 Å². The molecule has 2 aliphatic rings. The van der Waals surface area contributed by atoms with Crippen LogP contribution in [-0.2, 0) is 15.1 Å². The number of thioether (sulfide) groups is 1. The van der Waals surface area contributed by atoms with E-state index in [4.69, 9.17) is 4.74 Å². The number of rotatable bonds is 8. The van der Waals surface area contributed by atoms with E-state index in [1.165, 1.54) is 18.2 Å². The van der Waals surface area contributed by atoms with Crippen molar-refractivity contribution >= 4 is 53.3 Å². The Hall–Kier alpha value is -1.30. The third-order valence-electron chi connectivity index (χ3n) is 6.42. The van der Waals surface area contributed by atoms with Gasteiger partial charge in [-0.25, -0.2) is 23.5 Å². The highest BCUT2D eigenvalue weighted by atomic mass is 79.9. The van der Waals surface area contributed by atoms with Crippen molar-refractivity contribution in [2.45, 2.75) is 69.4 Å². The smallest absolute Gasteiger partial charge is 0.415 e. The van der Waals surface area contributed by atoms with Gasteiger partial charge in [-0.15, -0.1) is 0 Å². The lowest BCUT2D eigenvalue weighted by Gasteiger charge is -2.42. The molecule has 0 spiro atoms. The van der Waals surface area contributed by atoms with Crippen LogP contribution in [0.2, 0.25) is 25.7 Å². The Morgan fingerprint density at radius 2 is 2.09 bits per heavy atom. The zero-order chi connectivity index (χ0) is 26.4. The van der Waals surface area contributed by atoms with Gasteiger partial charge in [0.25, 0.3) is 0 Å². The van der Waals surface area contributed by atoms with Crippen molar-refractivity contribution in [3.8, 4) is 0 Å². The van der Waals surface area contributed by atoms with Crippen LogP contribution in [-0.4, -0.2) is 59.9 Å². The van der Waals surface area contributed by atoms with Crippen LogP contribution in [0.25, 0.3) is 0 Å². The molecule has 1 aliphatic heterocycles. The molecule has 1 aliphatic carbocycles. The number of aliphatic imine (C=N–C) groups is 1. The van der Waals surface area contributed by atoms with Gasteiger partial charge < -0.3 is 14.6 Å². The molecule has 0 saturated heterocycles. The number of hydrogen-bond acceptors (Lipinski definition) is 5. The Morgan fingerprint density at radius 3 is 2.60 bits per heavy atom. The van der Waals surface area contributed by atoms with E-state index in [1.54, 1.807) is 0 Å². The van der Waals surface area contributed by atoms with Crippen LogP contribution < -0.4 is 0 Å². The molecule has 6 nitrogen and oxygen atoms in total. The maximum Gasteiger partial charge on any atom is 0.415 e. The number of nitrogens with zero attached hydrogens (tertiary/aromatic N) is 2. The highest BCUT2D eigenvalue weighted by molar-refractivity contribution is 9.10. The summed E-state index contributed by atoms with van der Waals surface area (Å²) in [5.41, 5.74) is -2.38. The van der Waals surface area contributed by atoms with Gasteiger partial charge in [-0.3, -0.25) is 0 Å². The first-order valence-electron chi connectivity index (χ1n) is 11.5. The van der Waals surface area contributed by atoms with Crippen molar-refractivity contribution in [1.82, 2.24) is 4.90 Å². The third kappa shape index (κ3) is 5.67. The summed E-state index contributed by atoms with van der Waals surface area (Å²) in [4.78, 5) is 30.4. The fraction of sp³-hybridized carbons (Fsp3) is 0.625. The molecule has 3 rings (SSSR count). The molecule has 0 aromatic heterocycles. The Kier molecular flexibility index (Phi) is 7.97. The third-order valence-corrected chi connectivity index (χ3v) is 10.0. The van der Waals surface area contributed by atoms with Crippen LogP contribution in [0.3, 0.4) is 0 Å². The molecule has 1 N–H and O–H groups in total. The number of carbonyl (C=O) groups is 2. The molecule has 1 aromatic carbocycles. The van der Waals surface area contributed by atoms with Gasteiger partial charge >= 0.3 is 6.09 Å².